The minimum Gasteiger partial charge on any atom is -0.790 e. The Bertz CT molecular complexity index is 575. The van der Waals surface area contributed by atoms with Crippen LogP contribution in [0.4, 0.5) is 8.78 Å². The lowest BCUT2D eigenvalue weighted by molar-refractivity contribution is -0.339. The van der Waals surface area contributed by atoms with Crippen molar-refractivity contribution in [2.45, 2.75) is 37.8 Å². The summed E-state index contributed by atoms with van der Waals surface area (Å²) < 4.78 is 72.7. The molecule has 0 bridgehead atoms. The molecule has 1 saturated heterocycles. The van der Waals surface area contributed by atoms with E-state index in [4.69, 9.17) is 0 Å². The molecule has 0 saturated carbocycles. The minimum atomic E-state index is -6.41. The number of ether oxygens (including phenoxy) is 1. The molecule has 1 aliphatic rings. The van der Waals surface area contributed by atoms with Crippen LogP contribution in [-0.4, -0.2) is 29.5 Å². The third kappa shape index (κ3) is 6.91. The highest BCUT2D eigenvalue weighted by molar-refractivity contribution is 7.64. The first-order valence-electron chi connectivity index (χ1n) is 5.52. The molecule has 12 nitrogen and oxygen atoms in total. The molecule has 0 aromatic rings. The highest BCUT2D eigenvalue weighted by atomic mass is 31.3. The largest absolute Gasteiger partial charge is 0.790 e. The van der Waals surface area contributed by atoms with Crippen molar-refractivity contribution in [1.29, 1.82) is 0 Å². The van der Waals surface area contributed by atoms with Crippen LogP contribution >= 0.6 is 23.5 Å². The monoisotopic (exact) mass is 404 g/mol. The fraction of sp³-hybridized carbons (Fsp3) is 1.00. The average molecular weight is 404 g/mol. The van der Waals surface area contributed by atoms with Crippen LogP contribution in [0.25, 0.3) is 0 Å². The fourth-order valence-electron chi connectivity index (χ4n) is 1.64. The van der Waals surface area contributed by atoms with Gasteiger partial charge < -0.3 is 34.0 Å². The molecule has 1 heterocycles. The first-order valence-corrected chi connectivity index (χ1v) is 9.90. The van der Waals surface area contributed by atoms with Gasteiger partial charge in [-0.3, -0.25) is 18.0 Å². The number of aliphatic hydroxyl groups excluding tert-OH is 1. The molecule has 0 spiro atoms. The Morgan fingerprint density at radius 1 is 1.13 bits per heavy atom. The van der Waals surface area contributed by atoms with Crippen molar-refractivity contribution < 1.29 is 65.0 Å². The predicted octanol–water partition coefficient (Wildman–Crippen LogP) is -2.07. The summed E-state index contributed by atoms with van der Waals surface area (Å²) in [5.74, 6) is 0. The van der Waals surface area contributed by atoms with Gasteiger partial charge >= 0.3 is 6.11 Å². The van der Waals surface area contributed by atoms with E-state index >= 15 is 0 Å². The zero-order valence-electron chi connectivity index (χ0n) is 11.0. The normalized spacial score (nSPS) is 31.6. The van der Waals surface area contributed by atoms with Crippen molar-refractivity contribution in [2.75, 3.05) is 0 Å². The molecule has 5 atom stereocenters. The van der Waals surface area contributed by atoms with Crippen LogP contribution in [-0.2, 0) is 31.6 Å². The third-order valence-electron chi connectivity index (χ3n) is 2.27. The first kappa shape index (κ1) is 21.2. The summed E-state index contributed by atoms with van der Waals surface area (Å²) in [7, 11) is -19.0. The number of phosphoric ester groups is 1. The Morgan fingerprint density at radius 3 is 2.04 bits per heavy atom. The maximum Gasteiger partial charge on any atom is 0.390 e. The molecule has 0 radical (unpaired) electrons. The molecule has 0 amide bonds. The average Bonchev–Trinajstić information content (AvgIpc) is 2.50. The number of alkyl halides is 2. The van der Waals surface area contributed by atoms with Crippen molar-refractivity contribution in [3.8, 4) is 0 Å². The lowest BCUT2D eigenvalue weighted by atomic mass is 10.1. The van der Waals surface area contributed by atoms with Gasteiger partial charge in [0.1, 0.15) is 0 Å². The molecule has 138 valence electrons. The molecular formula is C6H9F2O12P3-4. The second-order valence-electron chi connectivity index (χ2n) is 4.33. The molecule has 1 N–H and O–H groups in total. The molecule has 1 rings (SSSR count). The number of hydrogen-bond acceptors (Lipinski definition) is 12. The van der Waals surface area contributed by atoms with Gasteiger partial charge in [0.2, 0.25) is 0 Å². The molecule has 1 fully saturated rings. The maximum absolute atomic E-state index is 13.6. The van der Waals surface area contributed by atoms with Crippen molar-refractivity contribution in [3.63, 3.8) is 0 Å². The van der Waals surface area contributed by atoms with Gasteiger partial charge in [0.15, 0.2) is 6.10 Å². The zero-order chi connectivity index (χ0) is 18.3. The lowest BCUT2D eigenvalue weighted by Gasteiger charge is -2.38. The highest BCUT2D eigenvalue weighted by Gasteiger charge is 2.53. The van der Waals surface area contributed by atoms with E-state index in [1.807, 2.05) is 0 Å². The summed E-state index contributed by atoms with van der Waals surface area (Å²) in [6, 6.07) is 0. The number of aliphatic hydroxyl groups is 1. The number of rotatable bonds is 7. The van der Waals surface area contributed by atoms with Crippen molar-refractivity contribution >= 4 is 23.5 Å². The SMILES string of the molecule is CC1CC(O)C(C(F)(F)OP(=O)([O-])OP(=O)([O-])OP(=O)([O-])[O-])O1. The van der Waals surface area contributed by atoms with Crippen molar-refractivity contribution in [1.82, 2.24) is 0 Å². The summed E-state index contributed by atoms with van der Waals surface area (Å²) in [6.07, 6.45) is -10.2. The Balaban J connectivity index is 2.83. The smallest absolute Gasteiger partial charge is 0.390 e. The molecule has 5 unspecified atom stereocenters. The third-order valence-corrected chi connectivity index (χ3v) is 5.93. The van der Waals surface area contributed by atoms with E-state index in [9.17, 15) is 47.2 Å². The van der Waals surface area contributed by atoms with Crippen LogP contribution in [0.15, 0.2) is 0 Å². The molecular weight excluding hydrogens is 395 g/mol. The standard InChI is InChI=1S/C6H13F2O12P3/c1-3-2-4(9)5(17-3)6(7,8)18-22(13,14)20-23(15,16)19-21(10,11)12/h3-5,9H,2H2,1H3,(H,13,14)(H,15,16)(H2,10,11,12)/p-4. The summed E-state index contributed by atoms with van der Waals surface area (Å²) >= 11 is 0. The summed E-state index contributed by atoms with van der Waals surface area (Å²) in [4.78, 5) is 42.1. The molecule has 0 aromatic heterocycles. The van der Waals surface area contributed by atoms with Crippen LogP contribution in [0.2, 0.25) is 0 Å². The maximum atomic E-state index is 13.6. The molecule has 17 heteroatoms. The van der Waals surface area contributed by atoms with Gasteiger partial charge in [0.25, 0.3) is 15.6 Å². The fourth-order valence-corrected chi connectivity index (χ4v) is 4.52. The Morgan fingerprint density at radius 2 is 1.65 bits per heavy atom. The highest BCUT2D eigenvalue weighted by Crippen LogP contribution is 2.62. The second kappa shape index (κ2) is 6.83. The van der Waals surface area contributed by atoms with Gasteiger partial charge in [-0.2, -0.15) is 8.78 Å². The molecule has 23 heavy (non-hydrogen) atoms. The van der Waals surface area contributed by atoms with Crippen molar-refractivity contribution in [2.24, 2.45) is 0 Å². The van der Waals surface area contributed by atoms with Crippen LogP contribution in [0.5, 0.6) is 0 Å². The summed E-state index contributed by atoms with van der Waals surface area (Å²) in [6.45, 7) is 1.28. The summed E-state index contributed by atoms with van der Waals surface area (Å²) in [5.41, 5.74) is 0. The van der Waals surface area contributed by atoms with Crippen LogP contribution in [0.3, 0.4) is 0 Å². The molecule has 1 aliphatic heterocycles. The topological polar surface area (TPSA) is 201 Å². The van der Waals surface area contributed by atoms with E-state index in [1.54, 1.807) is 0 Å². The van der Waals surface area contributed by atoms with Crippen molar-refractivity contribution in [3.05, 3.63) is 0 Å². The summed E-state index contributed by atoms with van der Waals surface area (Å²) in [5, 5.41) is 9.30. The van der Waals surface area contributed by atoms with Gasteiger partial charge in [0.05, 0.1) is 20.0 Å². The van der Waals surface area contributed by atoms with Gasteiger partial charge in [-0.25, -0.2) is 4.31 Å². The minimum absolute atomic E-state index is 0.285. The van der Waals surface area contributed by atoms with Gasteiger partial charge in [0, 0.05) is 6.42 Å². The van der Waals surface area contributed by atoms with E-state index in [-0.39, 0.29) is 6.42 Å². The second-order valence-corrected chi connectivity index (χ2v) is 8.50. The van der Waals surface area contributed by atoms with E-state index < -0.39 is 47.9 Å². The number of halogens is 2. The molecule has 0 aromatic carbocycles. The zero-order valence-corrected chi connectivity index (χ0v) is 13.7. The Hall–Kier alpha value is 0.190. The van der Waals surface area contributed by atoms with E-state index in [0.29, 0.717) is 0 Å². The van der Waals surface area contributed by atoms with Gasteiger partial charge in [-0.05, 0) is 6.92 Å². The van der Waals surface area contributed by atoms with Crippen LogP contribution < -0.4 is 19.6 Å². The number of phosphoric acid groups is 3. The number of hydrogen-bond donors (Lipinski definition) is 1. The van der Waals surface area contributed by atoms with Gasteiger partial charge in [-0.1, -0.05) is 0 Å². The van der Waals surface area contributed by atoms with E-state index in [2.05, 4.69) is 17.9 Å². The van der Waals surface area contributed by atoms with Crippen LogP contribution in [0.1, 0.15) is 13.3 Å². The van der Waals surface area contributed by atoms with Gasteiger partial charge in [-0.15, -0.1) is 0 Å². The quantitative estimate of drug-likeness (QED) is 0.455. The van der Waals surface area contributed by atoms with E-state index in [1.165, 1.54) is 6.92 Å². The predicted molar refractivity (Wildman–Crippen MR) is 56.0 cm³/mol. The lowest BCUT2D eigenvalue weighted by Crippen LogP contribution is -2.43. The Kier molecular flexibility index (Phi) is 6.31. The Labute approximate surface area is 127 Å². The first-order chi connectivity index (χ1) is 10.0. The molecule has 0 aliphatic carbocycles. The van der Waals surface area contributed by atoms with Crippen LogP contribution in [0, 0.1) is 0 Å². The van der Waals surface area contributed by atoms with E-state index in [0.717, 1.165) is 0 Å².